The van der Waals surface area contributed by atoms with Gasteiger partial charge in [-0.25, -0.2) is 0 Å². The third kappa shape index (κ3) is 4.11. The Kier molecular flexibility index (Phi) is 6.33. The molecule has 1 aliphatic heterocycles. The van der Waals surface area contributed by atoms with Crippen LogP contribution in [0.3, 0.4) is 0 Å². The molecule has 0 saturated carbocycles. The molecule has 1 heterocycles. The van der Waals surface area contributed by atoms with E-state index in [1.165, 1.54) is 18.4 Å². The molecule has 0 spiro atoms. The van der Waals surface area contributed by atoms with Gasteiger partial charge in [-0.05, 0) is 56.5 Å². The van der Waals surface area contributed by atoms with Crippen LogP contribution in [-0.4, -0.2) is 43.4 Å². The summed E-state index contributed by atoms with van der Waals surface area (Å²) in [6, 6.07) is 6.42. The highest BCUT2D eigenvalue weighted by Crippen LogP contribution is 2.34. The number of benzene rings is 1. The zero-order chi connectivity index (χ0) is 15.1. The summed E-state index contributed by atoms with van der Waals surface area (Å²) in [6.07, 6.45) is 4.23. The summed E-state index contributed by atoms with van der Waals surface area (Å²) in [5.74, 6) is 1.58. The molecule has 0 bridgehead atoms. The Balaban J connectivity index is 2.19. The Morgan fingerprint density at radius 2 is 2.00 bits per heavy atom. The molecule has 1 aromatic rings. The van der Waals surface area contributed by atoms with Crippen LogP contribution >= 0.6 is 0 Å². The molecule has 0 amide bonds. The molecule has 1 saturated heterocycles. The van der Waals surface area contributed by atoms with Crippen molar-refractivity contribution in [1.29, 1.82) is 0 Å². The average Bonchev–Trinajstić information content (AvgIpc) is 3.04. The van der Waals surface area contributed by atoms with E-state index in [9.17, 15) is 5.11 Å². The van der Waals surface area contributed by atoms with Crippen molar-refractivity contribution in [3.8, 4) is 11.5 Å². The Bertz CT molecular complexity index is 430. The van der Waals surface area contributed by atoms with Gasteiger partial charge in [0, 0.05) is 12.6 Å². The Labute approximate surface area is 127 Å². The lowest BCUT2D eigenvalue weighted by atomic mass is 10.0. The number of nitrogens with zero attached hydrogens (tertiary/aromatic N) is 1. The monoisotopic (exact) mass is 293 g/mol. The predicted octanol–water partition coefficient (Wildman–Crippen LogP) is 3.00. The molecule has 21 heavy (non-hydrogen) atoms. The van der Waals surface area contributed by atoms with Gasteiger partial charge in [0.1, 0.15) is 0 Å². The van der Waals surface area contributed by atoms with E-state index in [2.05, 4.69) is 24.0 Å². The van der Waals surface area contributed by atoms with E-state index in [4.69, 9.17) is 9.47 Å². The first-order valence-electron chi connectivity index (χ1n) is 7.95. The van der Waals surface area contributed by atoms with Crippen LogP contribution in [0.15, 0.2) is 18.2 Å². The fourth-order valence-electron chi connectivity index (χ4n) is 2.96. The second-order valence-corrected chi connectivity index (χ2v) is 5.53. The van der Waals surface area contributed by atoms with Crippen molar-refractivity contribution in [2.75, 3.05) is 33.4 Å². The molecule has 4 heteroatoms. The van der Waals surface area contributed by atoms with Crippen LogP contribution in [-0.2, 0) is 0 Å². The maximum absolute atomic E-state index is 9.37. The first-order chi connectivity index (χ1) is 10.3. The minimum absolute atomic E-state index is 0.206. The third-order valence-electron chi connectivity index (χ3n) is 4.02. The molecule has 2 rings (SSSR count). The molecule has 1 fully saturated rings. The minimum Gasteiger partial charge on any atom is -0.493 e. The lowest BCUT2D eigenvalue weighted by Gasteiger charge is -2.28. The second-order valence-electron chi connectivity index (χ2n) is 5.53. The zero-order valence-corrected chi connectivity index (χ0v) is 13.2. The van der Waals surface area contributed by atoms with Gasteiger partial charge < -0.3 is 14.6 Å². The van der Waals surface area contributed by atoms with E-state index in [0.29, 0.717) is 6.61 Å². The normalized spacial score (nSPS) is 16.9. The van der Waals surface area contributed by atoms with Gasteiger partial charge in [-0.15, -0.1) is 0 Å². The first kappa shape index (κ1) is 16.1. The largest absolute Gasteiger partial charge is 0.493 e. The van der Waals surface area contributed by atoms with Crippen molar-refractivity contribution in [3.63, 3.8) is 0 Å². The van der Waals surface area contributed by atoms with E-state index < -0.39 is 0 Å². The summed E-state index contributed by atoms with van der Waals surface area (Å²) in [5, 5.41) is 9.37. The number of hydrogen-bond donors (Lipinski definition) is 1. The molecule has 0 aliphatic carbocycles. The highest BCUT2D eigenvalue weighted by atomic mass is 16.5. The Morgan fingerprint density at radius 3 is 2.62 bits per heavy atom. The third-order valence-corrected chi connectivity index (χ3v) is 4.02. The van der Waals surface area contributed by atoms with E-state index in [1.807, 2.05) is 6.07 Å². The van der Waals surface area contributed by atoms with E-state index >= 15 is 0 Å². The molecule has 118 valence electrons. The summed E-state index contributed by atoms with van der Waals surface area (Å²) in [4.78, 5) is 2.46. The molecule has 1 aliphatic rings. The maximum atomic E-state index is 9.37. The fourth-order valence-corrected chi connectivity index (χ4v) is 2.96. The van der Waals surface area contributed by atoms with Crippen molar-refractivity contribution < 1.29 is 14.6 Å². The Hall–Kier alpha value is -1.26. The number of likely N-dealkylation sites (tertiary alicyclic amines) is 1. The van der Waals surface area contributed by atoms with Crippen molar-refractivity contribution in [2.45, 2.75) is 38.6 Å². The van der Waals surface area contributed by atoms with Gasteiger partial charge in [0.25, 0.3) is 0 Å². The number of ether oxygens (including phenoxy) is 2. The minimum atomic E-state index is 0.206. The van der Waals surface area contributed by atoms with Crippen LogP contribution in [0.4, 0.5) is 0 Å². The molecule has 0 radical (unpaired) electrons. The lowest BCUT2D eigenvalue weighted by molar-refractivity contribution is 0.185. The molecular formula is C17H27NO3. The maximum Gasteiger partial charge on any atom is 0.161 e. The van der Waals surface area contributed by atoms with Gasteiger partial charge in [0.2, 0.25) is 0 Å². The number of aliphatic hydroxyl groups is 1. The standard InChI is InChI=1S/C17H27NO3/c1-3-12-21-16-7-6-14(13-17(16)20-2)15(8-11-19)18-9-4-5-10-18/h6-7,13,15,19H,3-5,8-12H2,1-2H3. The van der Waals surface area contributed by atoms with E-state index in [0.717, 1.165) is 37.4 Å². The van der Waals surface area contributed by atoms with Crippen LogP contribution < -0.4 is 9.47 Å². The molecule has 0 aromatic heterocycles. The van der Waals surface area contributed by atoms with Gasteiger partial charge in [-0.3, -0.25) is 4.90 Å². The van der Waals surface area contributed by atoms with Crippen LogP contribution in [0, 0.1) is 0 Å². The zero-order valence-electron chi connectivity index (χ0n) is 13.2. The van der Waals surface area contributed by atoms with Gasteiger partial charge >= 0.3 is 0 Å². The van der Waals surface area contributed by atoms with Gasteiger partial charge in [-0.1, -0.05) is 13.0 Å². The molecule has 1 unspecified atom stereocenters. The van der Waals surface area contributed by atoms with Crippen molar-refractivity contribution >= 4 is 0 Å². The number of rotatable bonds is 8. The van der Waals surface area contributed by atoms with Crippen molar-refractivity contribution in [1.82, 2.24) is 4.90 Å². The summed E-state index contributed by atoms with van der Waals surface area (Å²) in [5.41, 5.74) is 1.20. The average molecular weight is 293 g/mol. The van der Waals surface area contributed by atoms with Crippen LogP contribution in [0.1, 0.15) is 44.2 Å². The molecule has 4 nitrogen and oxygen atoms in total. The van der Waals surface area contributed by atoms with Gasteiger partial charge in [0.05, 0.1) is 13.7 Å². The molecule has 1 atom stereocenters. The van der Waals surface area contributed by atoms with E-state index in [-0.39, 0.29) is 12.6 Å². The quantitative estimate of drug-likeness (QED) is 0.800. The Morgan fingerprint density at radius 1 is 1.24 bits per heavy atom. The van der Waals surface area contributed by atoms with Crippen LogP contribution in [0.25, 0.3) is 0 Å². The topological polar surface area (TPSA) is 41.9 Å². The fraction of sp³-hybridized carbons (Fsp3) is 0.647. The number of aliphatic hydroxyl groups excluding tert-OH is 1. The SMILES string of the molecule is CCCOc1ccc(C(CCO)N2CCCC2)cc1OC. The number of hydrogen-bond acceptors (Lipinski definition) is 4. The van der Waals surface area contributed by atoms with Gasteiger partial charge in [0.15, 0.2) is 11.5 Å². The summed E-state index contributed by atoms with van der Waals surface area (Å²) >= 11 is 0. The highest BCUT2D eigenvalue weighted by molar-refractivity contribution is 5.44. The van der Waals surface area contributed by atoms with Crippen molar-refractivity contribution in [3.05, 3.63) is 23.8 Å². The summed E-state index contributed by atoms with van der Waals surface area (Å²) in [7, 11) is 1.68. The lowest BCUT2D eigenvalue weighted by Crippen LogP contribution is -2.26. The summed E-state index contributed by atoms with van der Waals surface area (Å²) < 4.78 is 11.2. The molecule has 1 aromatic carbocycles. The van der Waals surface area contributed by atoms with E-state index in [1.54, 1.807) is 7.11 Å². The van der Waals surface area contributed by atoms with Crippen LogP contribution in [0.2, 0.25) is 0 Å². The smallest absolute Gasteiger partial charge is 0.161 e. The predicted molar refractivity (Wildman–Crippen MR) is 84.0 cm³/mol. The van der Waals surface area contributed by atoms with Crippen molar-refractivity contribution in [2.24, 2.45) is 0 Å². The molecule has 1 N–H and O–H groups in total. The number of methoxy groups -OCH3 is 1. The van der Waals surface area contributed by atoms with Crippen LogP contribution in [0.5, 0.6) is 11.5 Å². The highest BCUT2D eigenvalue weighted by Gasteiger charge is 2.24. The van der Waals surface area contributed by atoms with Gasteiger partial charge in [-0.2, -0.15) is 0 Å². The second kappa shape index (κ2) is 8.25. The first-order valence-corrected chi connectivity index (χ1v) is 7.95. The molecular weight excluding hydrogens is 266 g/mol. The summed E-state index contributed by atoms with van der Waals surface area (Å²) in [6.45, 7) is 5.22.